The number of methoxy groups -OCH3 is 3. The molecule has 1 N–H and O–H groups in total. The maximum atomic E-state index is 12.5. The maximum Gasteiger partial charge on any atom is 0.234 e. The van der Waals surface area contributed by atoms with Gasteiger partial charge in [0, 0.05) is 23.9 Å². The van der Waals surface area contributed by atoms with Crippen LogP contribution in [0.5, 0.6) is 28.7 Å². The molecule has 0 atom stereocenters. The highest BCUT2D eigenvalue weighted by atomic mass is 32.2. The zero-order valence-electron chi connectivity index (χ0n) is 16.9. The largest absolute Gasteiger partial charge is 0.493 e. The van der Waals surface area contributed by atoms with Gasteiger partial charge >= 0.3 is 0 Å². The molecule has 162 valence electrons. The number of nitrogens with zero attached hydrogens (tertiary/aromatic N) is 4. The third kappa shape index (κ3) is 4.28. The molecule has 31 heavy (non-hydrogen) atoms. The van der Waals surface area contributed by atoms with Crippen molar-refractivity contribution in [1.82, 2.24) is 20.2 Å². The summed E-state index contributed by atoms with van der Waals surface area (Å²) in [5.74, 6) is 2.44. The SMILES string of the molecule is COc1cc(NC(=O)CSc2nnnn2-c2ccc3c(c2)OCO3)cc(OC)c1OC. The molecule has 2 heterocycles. The van der Waals surface area contributed by atoms with E-state index in [1.54, 1.807) is 24.3 Å². The molecule has 0 bridgehead atoms. The third-order valence-electron chi connectivity index (χ3n) is 4.32. The summed E-state index contributed by atoms with van der Waals surface area (Å²) in [4.78, 5) is 12.5. The molecule has 1 aliphatic rings. The van der Waals surface area contributed by atoms with Crippen molar-refractivity contribution in [2.75, 3.05) is 39.2 Å². The van der Waals surface area contributed by atoms with Crippen molar-refractivity contribution in [3.63, 3.8) is 0 Å². The molecule has 0 spiro atoms. The normalized spacial score (nSPS) is 11.8. The second-order valence-corrected chi connectivity index (χ2v) is 7.10. The monoisotopic (exact) mass is 445 g/mol. The van der Waals surface area contributed by atoms with Crippen molar-refractivity contribution in [1.29, 1.82) is 0 Å². The van der Waals surface area contributed by atoms with Crippen LogP contribution in [0.1, 0.15) is 0 Å². The minimum atomic E-state index is -0.250. The van der Waals surface area contributed by atoms with E-state index in [1.165, 1.54) is 37.8 Å². The van der Waals surface area contributed by atoms with Crippen LogP contribution in [0.2, 0.25) is 0 Å². The first-order chi connectivity index (χ1) is 15.1. The van der Waals surface area contributed by atoms with Crippen molar-refractivity contribution < 1.29 is 28.5 Å². The number of rotatable bonds is 8. The predicted octanol–water partition coefficient (Wildman–Crippen LogP) is 2.15. The zero-order valence-corrected chi connectivity index (χ0v) is 17.8. The van der Waals surface area contributed by atoms with E-state index in [2.05, 4.69) is 20.8 Å². The van der Waals surface area contributed by atoms with Gasteiger partial charge in [-0.1, -0.05) is 11.8 Å². The van der Waals surface area contributed by atoms with Gasteiger partial charge in [-0.25, -0.2) is 0 Å². The Morgan fingerprint density at radius 1 is 1.10 bits per heavy atom. The summed E-state index contributed by atoms with van der Waals surface area (Å²) in [7, 11) is 4.53. The molecule has 3 aromatic rings. The highest BCUT2D eigenvalue weighted by Crippen LogP contribution is 2.40. The Kier molecular flexibility index (Phi) is 5.98. The van der Waals surface area contributed by atoms with Gasteiger partial charge in [-0.15, -0.1) is 5.10 Å². The number of thioether (sulfide) groups is 1. The molecule has 0 unspecified atom stereocenters. The van der Waals surface area contributed by atoms with E-state index in [0.717, 1.165) is 0 Å². The summed E-state index contributed by atoms with van der Waals surface area (Å²) in [6.45, 7) is 0.178. The Labute approximate surface area is 181 Å². The van der Waals surface area contributed by atoms with Gasteiger partial charge in [-0.05, 0) is 22.6 Å². The number of amides is 1. The van der Waals surface area contributed by atoms with Crippen LogP contribution in [0.4, 0.5) is 5.69 Å². The lowest BCUT2D eigenvalue weighted by atomic mass is 10.2. The van der Waals surface area contributed by atoms with Crippen molar-refractivity contribution >= 4 is 23.4 Å². The third-order valence-corrected chi connectivity index (χ3v) is 5.24. The lowest BCUT2D eigenvalue weighted by molar-refractivity contribution is -0.113. The number of carbonyl (C=O) groups excluding carboxylic acids is 1. The highest BCUT2D eigenvalue weighted by Gasteiger charge is 2.18. The van der Waals surface area contributed by atoms with E-state index < -0.39 is 0 Å². The fraction of sp³-hybridized carbons (Fsp3) is 0.263. The van der Waals surface area contributed by atoms with Crippen LogP contribution in [-0.4, -0.2) is 60.0 Å². The summed E-state index contributed by atoms with van der Waals surface area (Å²) < 4.78 is 28.1. The van der Waals surface area contributed by atoms with Gasteiger partial charge in [0.15, 0.2) is 23.0 Å². The van der Waals surface area contributed by atoms with E-state index in [1.807, 2.05) is 6.07 Å². The summed E-state index contributed by atoms with van der Waals surface area (Å²) in [6, 6.07) is 8.68. The number of fused-ring (bicyclic) bond motifs is 1. The molecule has 11 nitrogen and oxygen atoms in total. The van der Waals surface area contributed by atoms with Gasteiger partial charge in [0.25, 0.3) is 0 Å². The summed E-state index contributed by atoms with van der Waals surface area (Å²) in [6.07, 6.45) is 0. The van der Waals surface area contributed by atoms with Gasteiger partial charge in [-0.2, -0.15) is 4.68 Å². The summed E-state index contributed by atoms with van der Waals surface area (Å²) in [5, 5.41) is 15.0. The molecular weight excluding hydrogens is 426 g/mol. The molecule has 1 amide bonds. The van der Waals surface area contributed by atoms with Crippen molar-refractivity contribution in [2.45, 2.75) is 5.16 Å². The highest BCUT2D eigenvalue weighted by molar-refractivity contribution is 7.99. The Hall–Kier alpha value is -3.67. The molecule has 0 saturated heterocycles. The molecule has 0 aliphatic carbocycles. The second kappa shape index (κ2) is 9.00. The predicted molar refractivity (Wildman–Crippen MR) is 111 cm³/mol. The van der Waals surface area contributed by atoms with Gasteiger partial charge in [0.1, 0.15) is 0 Å². The van der Waals surface area contributed by atoms with Crippen molar-refractivity contribution in [2.24, 2.45) is 0 Å². The van der Waals surface area contributed by atoms with Crippen LogP contribution in [0.25, 0.3) is 5.69 Å². The standard InChI is InChI=1S/C19H19N5O6S/c1-26-15-6-11(7-16(27-2)18(15)28-3)20-17(25)9-31-19-21-22-23-24(19)12-4-5-13-14(8-12)30-10-29-13/h4-8H,9-10H2,1-3H3,(H,20,25). The molecule has 0 fully saturated rings. The number of anilines is 1. The van der Waals surface area contributed by atoms with Crippen LogP contribution >= 0.6 is 11.8 Å². The van der Waals surface area contributed by atoms with E-state index in [0.29, 0.717) is 45.3 Å². The number of nitrogens with one attached hydrogen (secondary N) is 1. The minimum Gasteiger partial charge on any atom is -0.493 e. The van der Waals surface area contributed by atoms with Gasteiger partial charge in [0.05, 0.1) is 32.8 Å². The van der Waals surface area contributed by atoms with Crippen LogP contribution in [0.3, 0.4) is 0 Å². The van der Waals surface area contributed by atoms with E-state index in [-0.39, 0.29) is 18.5 Å². The van der Waals surface area contributed by atoms with E-state index in [4.69, 9.17) is 23.7 Å². The van der Waals surface area contributed by atoms with E-state index >= 15 is 0 Å². The van der Waals surface area contributed by atoms with Crippen LogP contribution in [0.15, 0.2) is 35.5 Å². The number of hydrogen-bond acceptors (Lipinski definition) is 10. The number of aromatic nitrogens is 4. The molecule has 4 rings (SSSR count). The van der Waals surface area contributed by atoms with Crippen LogP contribution in [-0.2, 0) is 4.79 Å². The Morgan fingerprint density at radius 3 is 2.55 bits per heavy atom. The van der Waals surface area contributed by atoms with Gasteiger partial charge < -0.3 is 29.0 Å². The Morgan fingerprint density at radius 2 is 1.84 bits per heavy atom. The maximum absolute atomic E-state index is 12.5. The zero-order chi connectivity index (χ0) is 21.8. The van der Waals surface area contributed by atoms with E-state index in [9.17, 15) is 4.79 Å². The average Bonchev–Trinajstić information content (AvgIpc) is 3.45. The summed E-state index contributed by atoms with van der Waals surface area (Å²) in [5.41, 5.74) is 1.21. The number of carbonyl (C=O) groups is 1. The quantitative estimate of drug-likeness (QED) is 0.517. The van der Waals surface area contributed by atoms with Crippen LogP contribution in [0, 0.1) is 0 Å². The second-order valence-electron chi connectivity index (χ2n) is 6.16. The molecule has 1 aromatic heterocycles. The molecule has 0 radical (unpaired) electrons. The molecule has 2 aromatic carbocycles. The van der Waals surface area contributed by atoms with Gasteiger partial charge in [-0.3, -0.25) is 4.79 Å². The first-order valence-electron chi connectivity index (χ1n) is 9.04. The van der Waals surface area contributed by atoms with Crippen molar-refractivity contribution in [3.8, 4) is 34.4 Å². The van der Waals surface area contributed by atoms with Crippen molar-refractivity contribution in [3.05, 3.63) is 30.3 Å². The topological polar surface area (TPSA) is 119 Å². The van der Waals surface area contributed by atoms with Gasteiger partial charge in [0.2, 0.25) is 23.6 Å². The van der Waals surface area contributed by atoms with Crippen LogP contribution < -0.4 is 29.0 Å². The Bertz CT molecular complexity index is 1080. The minimum absolute atomic E-state index is 0.0849. The summed E-state index contributed by atoms with van der Waals surface area (Å²) >= 11 is 1.19. The number of benzene rings is 2. The lowest BCUT2D eigenvalue weighted by Gasteiger charge is -2.14. The average molecular weight is 445 g/mol. The smallest absolute Gasteiger partial charge is 0.234 e. The fourth-order valence-corrected chi connectivity index (χ4v) is 3.62. The number of tetrazole rings is 1. The molecule has 12 heteroatoms. The lowest BCUT2D eigenvalue weighted by Crippen LogP contribution is -2.15. The Balaban J connectivity index is 1.44. The molecular formula is C19H19N5O6S. The first kappa shape index (κ1) is 20.6. The molecule has 0 saturated carbocycles. The number of hydrogen-bond donors (Lipinski definition) is 1. The fourth-order valence-electron chi connectivity index (χ4n) is 2.93. The first-order valence-corrected chi connectivity index (χ1v) is 10.0. The molecule has 1 aliphatic heterocycles. The number of ether oxygens (including phenoxy) is 5.